The Morgan fingerprint density at radius 2 is 0.740 bits per heavy atom. The number of rotatable bonds is 21. The number of amides is 3. The van der Waals surface area contributed by atoms with Crippen molar-refractivity contribution in [1.82, 2.24) is 75.2 Å². The number of anilines is 3. The molecule has 0 aliphatic carbocycles. The molecule has 0 aliphatic rings. The summed E-state index contributed by atoms with van der Waals surface area (Å²) in [7, 11) is 3.44. The summed E-state index contributed by atoms with van der Waals surface area (Å²) in [4.78, 5) is 59.5. The van der Waals surface area contributed by atoms with Gasteiger partial charge in [0.25, 0.3) is 0 Å². The Bertz CT molecular complexity index is 4530. The van der Waals surface area contributed by atoms with Gasteiger partial charge in [0.15, 0.2) is 0 Å². The van der Waals surface area contributed by atoms with Gasteiger partial charge in [-0.1, -0.05) is 34.8 Å². The zero-order chi connectivity index (χ0) is 85.9. The van der Waals surface area contributed by atoms with Gasteiger partial charge in [-0.05, 0) is 154 Å². The van der Waals surface area contributed by atoms with Crippen LogP contribution in [0.2, 0.25) is 15.1 Å². The van der Waals surface area contributed by atoms with Crippen LogP contribution < -0.4 is 31.9 Å². The summed E-state index contributed by atoms with van der Waals surface area (Å²) >= 11 is 18.5. The monoisotopic (exact) mass is 1400 g/mol. The van der Waals surface area contributed by atoms with Gasteiger partial charge in [0.2, 0.25) is 17.8 Å². The van der Waals surface area contributed by atoms with Gasteiger partial charge in [0.1, 0.15) is 34.5 Å². The topological polar surface area (TPSA) is 282 Å². The molecule has 6 N–H and O–H groups in total. The van der Waals surface area contributed by atoms with Crippen molar-refractivity contribution in [3.63, 3.8) is 0 Å². The molecule has 0 bridgehead atoms. The Kier molecular flexibility index (Phi) is 18.1. The molecule has 6 heterocycles. The highest BCUT2D eigenvalue weighted by molar-refractivity contribution is 6.31. The van der Waals surface area contributed by atoms with E-state index in [0.717, 1.165) is 56.1 Å². The number of carbonyl (C=O) groups is 3. The second-order valence-electron chi connectivity index (χ2n) is 20.7. The van der Waals surface area contributed by atoms with Crippen molar-refractivity contribution in [3.05, 3.63) is 141 Å². The Balaban J connectivity index is 0.000000237. The Morgan fingerprint density at radius 3 is 0.979 bits per heavy atom. The largest absolute Gasteiger partial charge is 0.453 e. The molecule has 0 radical (unpaired) electrons. The highest BCUT2D eigenvalue weighted by Crippen LogP contribution is 2.39. The first kappa shape index (κ1) is 51.7. The molecule has 6 atom stereocenters. The van der Waals surface area contributed by atoms with E-state index >= 15 is 13.2 Å². The third-order valence-electron chi connectivity index (χ3n) is 13.2. The van der Waals surface area contributed by atoms with Gasteiger partial charge in [0, 0.05) is 154 Å². The number of nitrogens with one attached hydrogen (secondary N) is 6. The number of nitrogens with zero attached hydrogens (tertiary/aromatic N) is 12. The van der Waals surface area contributed by atoms with Gasteiger partial charge in [-0.3, -0.25) is 14.0 Å². The second-order valence-corrected chi connectivity index (χ2v) is 22.0. The number of aryl methyl sites for hydroxylation is 3. The van der Waals surface area contributed by atoms with E-state index < -0.39 is 112 Å². The quantitative estimate of drug-likeness (QED) is 0.0365. The molecule has 6 aromatic heterocycles. The normalized spacial score (nSPS) is 17.4. The van der Waals surface area contributed by atoms with E-state index in [2.05, 4.69) is 91.3 Å². The second kappa shape index (κ2) is 33.7. The Labute approximate surface area is 595 Å². The maximum atomic E-state index is 15.2. The van der Waals surface area contributed by atoms with Crippen LogP contribution in [0.5, 0.6) is 0 Å². The van der Waals surface area contributed by atoms with Gasteiger partial charge in [0.05, 0.1) is 50.7 Å². The number of methoxy groups -OCH3 is 3. The van der Waals surface area contributed by atoms with Crippen LogP contribution in [0.3, 0.4) is 0 Å². The molecule has 9 rings (SSSR count). The molecule has 0 fully saturated rings. The molecule has 3 amide bonds. The van der Waals surface area contributed by atoms with Gasteiger partial charge in [-0.25, -0.2) is 57.5 Å². The van der Waals surface area contributed by atoms with Crippen molar-refractivity contribution >= 4 is 70.9 Å². The van der Waals surface area contributed by atoms with E-state index in [1.165, 1.54) is 133 Å². The van der Waals surface area contributed by atoms with Crippen molar-refractivity contribution in [2.75, 3.05) is 56.8 Å². The van der Waals surface area contributed by atoms with Crippen LogP contribution in [-0.4, -0.2) is 136 Å². The number of halogens is 6. The number of carbonyl (C=O) groups excluding carboxylic acids is 3. The summed E-state index contributed by atoms with van der Waals surface area (Å²) in [5, 5.41) is 27.9. The molecule has 0 saturated heterocycles. The van der Waals surface area contributed by atoms with Crippen LogP contribution in [-0.2, 0) is 14.2 Å². The van der Waals surface area contributed by atoms with Gasteiger partial charge < -0.3 is 46.1 Å². The molecule has 0 saturated carbocycles. The smallest absolute Gasteiger partial charge is 0.407 e. The van der Waals surface area contributed by atoms with Crippen LogP contribution in [0, 0.1) is 38.2 Å². The van der Waals surface area contributed by atoms with E-state index in [1.807, 2.05) is 0 Å². The summed E-state index contributed by atoms with van der Waals surface area (Å²) in [5.41, 5.74) is 1.34. The van der Waals surface area contributed by atoms with Gasteiger partial charge in [-0.2, -0.15) is 15.3 Å². The van der Waals surface area contributed by atoms with E-state index in [4.69, 9.17) is 59.5 Å². The molecular weight excluding hydrogens is 1300 g/mol. The van der Waals surface area contributed by atoms with Crippen LogP contribution >= 0.6 is 34.8 Å². The molecule has 3 aromatic carbocycles. The lowest BCUT2D eigenvalue weighted by Gasteiger charge is -2.14. The number of aromatic nitrogens is 12. The Hall–Kier alpha value is -9.60. The first-order chi connectivity index (χ1) is 52.4. The fourth-order valence-corrected chi connectivity index (χ4v) is 9.35. The lowest BCUT2D eigenvalue weighted by Crippen LogP contribution is -2.37. The molecule has 30 heteroatoms. The highest BCUT2D eigenvalue weighted by atomic mass is 35.5. The predicted molar refractivity (Wildman–Crippen MR) is 367 cm³/mol. The molecule has 0 spiro atoms. The average molecular weight is 1400 g/mol. The fourth-order valence-electron chi connectivity index (χ4n) is 8.53. The summed E-state index contributed by atoms with van der Waals surface area (Å²) in [5.74, 6) is -2.49. The first-order valence-corrected chi connectivity index (χ1v) is 29.6. The zero-order valence-corrected chi connectivity index (χ0v) is 55.7. The molecule has 510 valence electrons. The minimum Gasteiger partial charge on any atom is -0.453 e. The van der Waals surface area contributed by atoms with Crippen molar-refractivity contribution in [1.29, 1.82) is 0 Å². The number of alkyl carbamates (subject to hydrolysis) is 3. The first-order valence-electron chi connectivity index (χ1n) is 37.5. The average Bonchev–Trinajstić information content (AvgIpc) is 1.62. The lowest BCUT2D eigenvalue weighted by molar-refractivity contribution is 0.167. The van der Waals surface area contributed by atoms with E-state index in [0.29, 0.717) is 0 Å². The van der Waals surface area contributed by atoms with Crippen LogP contribution in [0.25, 0.3) is 67.5 Å². The molecular formula is C66H78Cl3F3N18O6. The number of benzene rings is 3. The van der Waals surface area contributed by atoms with Gasteiger partial charge >= 0.3 is 18.3 Å². The van der Waals surface area contributed by atoms with Crippen molar-refractivity contribution in [3.8, 4) is 67.5 Å². The maximum Gasteiger partial charge on any atom is 0.407 e. The van der Waals surface area contributed by atoms with Crippen molar-refractivity contribution in [2.24, 2.45) is 0 Å². The molecule has 9 aromatic rings. The fraction of sp³-hybridized carbons (Fsp3) is 0.364. The third-order valence-corrected chi connectivity index (χ3v) is 13.8. The van der Waals surface area contributed by atoms with Crippen LogP contribution in [0.4, 0.5) is 45.4 Å². The van der Waals surface area contributed by atoms with Crippen LogP contribution in [0.1, 0.15) is 122 Å². The summed E-state index contributed by atoms with van der Waals surface area (Å²) in [6, 6.07) is 2.73. The number of hydrogen-bond donors (Lipinski definition) is 6. The SMILES string of the molecule is [2H]C([2H])(Nc1nccc(-c2cn(C([2H])(C)C([2H])([2H])[2H])nc2-c2cc(Cl)cc(C)c2F)n1)C(C)NC(=O)OC.[2H]C([2H])(Nc1nccc(-c2cn(C([2H])(C)C([2H])([2H])[2H])nc2-c2cc(Cl)cc(C)c2F)n1)[C@@H](C)NC(=O)OC.[2H]C([2H])(Nc1nccc(-c2cn(C([2H])(C)C([2H])([2H])[2H])nc2-c2cc(Cl)cc(C)c2F)n1)[C@H](C)NC(=O)OC. The number of ether oxygens (including phenoxy) is 3. The summed E-state index contributed by atoms with van der Waals surface area (Å²) in [6.45, 7) is -2.83. The van der Waals surface area contributed by atoms with E-state index in [9.17, 15) is 14.4 Å². The third kappa shape index (κ3) is 19.5. The van der Waals surface area contributed by atoms with Crippen molar-refractivity contribution < 1.29 is 66.4 Å². The molecule has 96 heavy (non-hydrogen) atoms. The lowest BCUT2D eigenvalue weighted by atomic mass is 10.0. The zero-order valence-electron chi connectivity index (χ0n) is 71.5. The van der Waals surface area contributed by atoms with Crippen molar-refractivity contribution in [2.45, 2.75) is 119 Å². The predicted octanol–water partition coefficient (Wildman–Crippen LogP) is 14.5. The standard InChI is InChI=1S/3C22H26ClFN6O2/c3*1-12(2)30-11-17(20(29-30)16-9-15(23)8-13(3)19(16)24)18-6-7-25-21(28-18)26-10-14(4)27-22(31)32-5/h3*6-9,11-12,14H,10H2,1-5H3,(H,27,31)(H,25,26,28)/t2*14-;/m10./s1/i3*1D3,10D2,12D/t2*12?,14-;. The van der Waals surface area contributed by atoms with Crippen LogP contribution in [0.15, 0.2) is 91.8 Å². The Morgan fingerprint density at radius 1 is 0.479 bits per heavy atom. The molecule has 24 nitrogen and oxygen atoms in total. The molecule has 0 aliphatic heterocycles. The highest BCUT2D eigenvalue weighted by Gasteiger charge is 2.25. The van der Waals surface area contributed by atoms with Gasteiger partial charge in [-0.15, -0.1) is 0 Å². The summed E-state index contributed by atoms with van der Waals surface area (Å²) < 4.78 is 207. The van der Waals surface area contributed by atoms with E-state index in [1.54, 1.807) is 0 Å². The maximum absolute atomic E-state index is 15.2. The minimum atomic E-state index is -2.78. The summed E-state index contributed by atoms with van der Waals surface area (Å²) in [6.07, 6.45) is 5.20. The number of hydrogen-bond acceptors (Lipinski definition) is 18. The minimum absolute atomic E-state index is 0.0239. The van der Waals surface area contributed by atoms with E-state index in [-0.39, 0.29) is 117 Å². The molecule has 4 unspecified atom stereocenters.